The Morgan fingerprint density at radius 1 is 1.38 bits per heavy atom. The molecule has 140 valence electrons. The molecule has 0 aliphatic heterocycles. The van der Waals surface area contributed by atoms with Crippen LogP contribution in [0.1, 0.15) is 19.4 Å². The molecule has 1 heterocycles. The van der Waals surface area contributed by atoms with Crippen LogP contribution in [-0.2, 0) is 0 Å². The van der Waals surface area contributed by atoms with Gasteiger partial charge in [0.05, 0.1) is 19.3 Å². The van der Waals surface area contributed by atoms with Crippen molar-refractivity contribution in [2.45, 2.75) is 13.8 Å². The molecule has 0 radical (unpaired) electrons. The summed E-state index contributed by atoms with van der Waals surface area (Å²) in [5, 5.41) is 10.6. The van der Waals surface area contributed by atoms with Crippen molar-refractivity contribution in [2.24, 2.45) is 4.99 Å². The largest absolute Gasteiger partial charge is 0.497 e. The van der Waals surface area contributed by atoms with Crippen LogP contribution in [-0.4, -0.2) is 59.1 Å². The van der Waals surface area contributed by atoms with Crippen molar-refractivity contribution in [3.8, 4) is 17.3 Å². The molecule has 26 heavy (non-hydrogen) atoms. The minimum Gasteiger partial charge on any atom is -0.497 e. The highest BCUT2D eigenvalue weighted by Crippen LogP contribution is 2.22. The van der Waals surface area contributed by atoms with Gasteiger partial charge in [0.15, 0.2) is 4.77 Å². The lowest BCUT2D eigenvalue weighted by atomic mass is 10.2. The third-order valence-corrected chi connectivity index (χ3v) is 4.38. The monoisotopic (exact) mass is 376 g/mol. The number of nitrogens with zero attached hydrogens (tertiary/aromatic N) is 3. The summed E-state index contributed by atoms with van der Waals surface area (Å²) in [5.74, 6) is 0.364. The first-order valence-corrected chi connectivity index (χ1v) is 8.87. The zero-order valence-electron chi connectivity index (χ0n) is 15.2. The maximum Gasteiger partial charge on any atom is 0.264 e. The average molecular weight is 376 g/mol. The Bertz CT molecular complexity index is 885. The first-order chi connectivity index (χ1) is 12.5. The van der Waals surface area contributed by atoms with E-state index in [9.17, 15) is 9.90 Å². The highest BCUT2D eigenvalue weighted by atomic mass is 32.1. The van der Waals surface area contributed by atoms with Crippen molar-refractivity contribution in [1.82, 2.24) is 14.5 Å². The number of nitrogens with one attached hydrogen (secondary N) is 1. The van der Waals surface area contributed by atoms with Gasteiger partial charge in [0.2, 0.25) is 5.88 Å². The number of hydrogen-bond acceptors (Lipinski definition) is 6. The molecule has 0 bridgehead atoms. The number of aromatic amines is 1. The third kappa shape index (κ3) is 4.59. The zero-order valence-corrected chi connectivity index (χ0v) is 16.0. The lowest BCUT2D eigenvalue weighted by Crippen LogP contribution is -2.25. The molecule has 0 fully saturated rings. The molecule has 0 aliphatic rings. The first kappa shape index (κ1) is 19.9. The number of likely N-dealkylation sites (N-methyl/N-ethyl adjacent to an activating group) is 1. The van der Waals surface area contributed by atoms with E-state index >= 15 is 0 Å². The Balaban J connectivity index is 2.37. The first-order valence-electron chi connectivity index (χ1n) is 8.46. The van der Waals surface area contributed by atoms with Crippen LogP contribution in [0.4, 0.5) is 0 Å². The van der Waals surface area contributed by atoms with Crippen molar-refractivity contribution in [3.63, 3.8) is 0 Å². The van der Waals surface area contributed by atoms with Crippen LogP contribution in [0.2, 0.25) is 0 Å². The van der Waals surface area contributed by atoms with Crippen LogP contribution in [0.3, 0.4) is 0 Å². The molecule has 8 heteroatoms. The van der Waals surface area contributed by atoms with Gasteiger partial charge in [-0.25, -0.2) is 0 Å². The maximum atomic E-state index is 12.2. The number of ether oxygens (including phenoxy) is 1. The summed E-state index contributed by atoms with van der Waals surface area (Å²) in [6, 6.07) is 7.04. The number of aromatic nitrogens is 2. The van der Waals surface area contributed by atoms with Gasteiger partial charge >= 0.3 is 0 Å². The van der Waals surface area contributed by atoms with Crippen molar-refractivity contribution in [1.29, 1.82) is 0 Å². The second-order valence-electron chi connectivity index (χ2n) is 5.60. The fraction of sp³-hybridized carbons (Fsp3) is 0.389. The van der Waals surface area contributed by atoms with E-state index in [1.807, 2.05) is 0 Å². The van der Waals surface area contributed by atoms with Crippen molar-refractivity contribution in [3.05, 3.63) is 45.0 Å². The van der Waals surface area contributed by atoms with Gasteiger partial charge in [-0.05, 0) is 37.4 Å². The highest BCUT2D eigenvalue weighted by molar-refractivity contribution is 7.71. The van der Waals surface area contributed by atoms with E-state index in [4.69, 9.17) is 17.0 Å². The lowest BCUT2D eigenvalue weighted by molar-refractivity contribution is 0.313. The van der Waals surface area contributed by atoms with E-state index in [1.165, 1.54) is 10.8 Å². The Hall–Kier alpha value is -2.45. The summed E-state index contributed by atoms with van der Waals surface area (Å²) in [6.45, 7) is 7.38. The van der Waals surface area contributed by atoms with Gasteiger partial charge in [-0.2, -0.15) is 0 Å². The molecule has 7 nitrogen and oxygen atoms in total. The number of H-pyrrole nitrogens is 1. The number of aromatic hydroxyl groups is 1. The van der Waals surface area contributed by atoms with E-state index in [0.29, 0.717) is 18.0 Å². The number of hydrogen-bond donors (Lipinski definition) is 2. The molecule has 0 unspecified atom stereocenters. The molecule has 0 aliphatic carbocycles. The molecule has 0 atom stereocenters. The lowest BCUT2D eigenvalue weighted by Gasteiger charge is -2.16. The van der Waals surface area contributed by atoms with E-state index < -0.39 is 5.56 Å². The third-order valence-electron chi connectivity index (χ3n) is 4.09. The molecule has 1 aromatic heterocycles. The quantitative estimate of drug-likeness (QED) is 0.546. The molecule has 2 aromatic rings. The topological polar surface area (TPSA) is 82.8 Å². The fourth-order valence-corrected chi connectivity index (χ4v) is 2.82. The summed E-state index contributed by atoms with van der Waals surface area (Å²) in [6.07, 6.45) is 1.39. The van der Waals surface area contributed by atoms with E-state index in [0.717, 1.165) is 19.6 Å². The standard InChI is InChI=1S/C18H24N4O3S/c1-4-21(5-2)10-9-19-12-15-16(23)20-18(26)22(17(15)24)13-7-6-8-14(11-13)25-3/h6-8,11-12,24H,4-5,9-10H2,1-3H3,(H,20,23,26). The molecular formula is C18H24N4O3S. The molecule has 0 amide bonds. The zero-order chi connectivity index (χ0) is 19.1. The SMILES string of the molecule is CCN(CC)CCN=Cc1c(O)n(-c2cccc(OC)c2)c(=S)[nH]c1=O. The van der Waals surface area contributed by atoms with Gasteiger partial charge in [-0.1, -0.05) is 19.9 Å². The van der Waals surface area contributed by atoms with E-state index in [2.05, 4.69) is 28.7 Å². The smallest absolute Gasteiger partial charge is 0.264 e. The van der Waals surface area contributed by atoms with Crippen molar-refractivity contribution >= 4 is 18.4 Å². The average Bonchev–Trinajstić information content (AvgIpc) is 2.64. The van der Waals surface area contributed by atoms with Gasteiger partial charge in [0.1, 0.15) is 11.3 Å². The highest BCUT2D eigenvalue weighted by Gasteiger charge is 2.13. The Morgan fingerprint density at radius 2 is 2.12 bits per heavy atom. The second kappa shape index (κ2) is 9.30. The Kier molecular flexibility index (Phi) is 7.11. The number of methoxy groups -OCH3 is 1. The normalized spacial score (nSPS) is 11.4. The number of rotatable bonds is 8. The molecular weight excluding hydrogens is 352 g/mol. The summed E-state index contributed by atoms with van der Waals surface area (Å²) >= 11 is 5.20. The van der Waals surface area contributed by atoms with Gasteiger partial charge in [0, 0.05) is 18.8 Å². The summed E-state index contributed by atoms with van der Waals surface area (Å²) in [5.41, 5.74) is 0.181. The van der Waals surface area contributed by atoms with Gasteiger partial charge in [0.25, 0.3) is 5.56 Å². The van der Waals surface area contributed by atoms with Gasteiger partial charge in [-0.15, -0.1) is 0 Å². The predicted octanol–water partition coefficient (Wildman–Crippen LogP) is 2.37. The van der Waals surface area contributed by atoms with Gasteiger partial charge in [-0.3, -0.25) is 19.3 Å². The Labute approximate surface area is 157 Å². The summed E-state index contributed by atoms with van der Waals surface area (Å²) in [4.78, 5) is 21.3. The van der Waals surface area contributed by atoms with Crippen molar-refractivity contribution < 1.29 is 9.84 Å². The second-order valence-corrected chi connectivity index (χ2v) is 5.98. The molecule has 0 saturated heterocycles. The van der Waals surface area contributed by atoms with Crippen LogP contribution in [0.25, 0.3) is 5.69 Å². The van der Waals surface area contributed by atoms with Crippen molar-refractivity contribution in [2.75, 3.05) is 33.3 Å². The predicted molar refractivity (Wildman–Crippen MR) is 106 cm³/mol. The maximum absolute atomic E-state index is 12.2. The minimum atomic E-state index is -0.474. The number of aliphatic imine (C=N–C) groups is 1. The fourth-order valence-electron chi connectivity index (χ4n) is 2.54. The number of benzene rings is 1. The van der Waals surface area contributed by atoms with Crippen LogP contribution in [0, 0.1) is 4.77 Å². The van der Waals surface area contributed by atoms with E-state index in [-0.39, 0.29) is 16.2 Å². The van der Waals surface area contributed by atoms with Crippen LogP contribution >= 0.6 is 12.2 Å². The van der Waals surface area contributed by atoms with Crippen LogP contribution in [0.15, 0.2) is 34.1 Å². The molecule has 0 spiro atoms. The minimum absolute atomic E-state index is 0.0703. The molecule has 0 saturated carbocycles. The van der Waals surface area contributed by atoms with E-state index in [1.54, 1.807) is 31.4 Å². The molecule has 1 aromatic carbocycles. The van der Waals surface area contributed by atoms with Gasteiger partial charge < -0.3 is 14.7 Å². The van der Waals surface area contributed by atoms with Crippen LogP contribution < -0.4 is 10.3 Å². The summed E-state index contributed by atoms with van der Waals surface area (Å²) < 4.78 is 6.68. The Morgan fingerprint density at radius 3 is 2.77 bits per heavy atom. The van der Waals surface area contributed by atoms with Crippen LogP contribution in [0.5, 0.6) is 11.6 Å². The summed E-state index contributed by atoms with van der Waals surface area (Å²) in [7, 11) is 1.55. The molecule has 2 rings (SSSR count). The molecule has 2 N–H and O–H groups in total.